The van der Waals surface area contributed by atoms with Crippen LogP contribution in [0.25, 0.3) is 0 Å². The molecule has 0 aliphatic rings. The van der Waals surface area contributed by atoms with E-state index in [9.17, 15) is 34.1 Å². The van der Waals surface area contributed by atoms with E-state index in [2.05, 4.69) is 20.8 Å². The van der Waals surface area contributed by atoms with Gasteiger partial charge in [-0.25, -0.2) is 4.79 Å². The van der Waals surface area contributed by atoms with Crippen LogP contribution in [-0.4, -0.2) is 51.1 Å². The molecule has 0 rings (SSSR count). The molecular formula is C41H77FO7. The average molecular weight is 701 g/mol. The Morgan fingerprint density at radius 2 is 0.918 bits per heavy atom. The van der Waals surface area contributed by atoms with Crippen molar-refractivity contribution < 1.29 is 38.8 Å². The quantitative estimate of drug-likeness (QED) is 0.0435. The standard InChI is InChI=1S/C41H77FO7/c1-4-7-10-13-16-17-18-19-22-27-32-41(31-26-21-15-12-9-6-3,49-38(45)35-40(48,39(46)47)34-37(43)44)36(30-25-23-28-33-42)29-24-20-14-11-8-5-2/h36,48H,4-35H2,1-3H3,(H,43,44)(H,46,47). The van der Waals surface area contributed by atoms with Crippen LogP contribution in [0.15, 0.2) is 0 Å². The number of hydrogen-bond acceptors (Lipinski definition) is 5. The topological polar surface area (TPSA) is 121 Å². The summed E-state index contributed by atoms with van der Waals surface area (Å²) in [6, 6.07) is 0. The fourth-order valence-corrected chi connectivity index (χ4v) is 7.30. The number of carbonyl (C=O) groups excluding carboxylic acids is 1. The van der Waals surface area contributed by atoms with Gasteiger partial charge in [-0.15, -0.1) is 0 Å². The summed E-state index contributed by atoms with van der Waals surface area (Å²) in [5.74, 6) is -4.04. The highest BCUT2D eigenvalue weighted by Crippen LogP contribution is 2.41. The molecule has 7 nitrogen and oxygen atoms in total. The van der Waals surface area contributed by atoms with Crippen LogP contribution in [0.3, 0.4) is 0 Å². The molecule has 8 heteroatoms. The van der Waals surface area contributed by atoms with Crippen molar-refractivity contribution in [3.63, 3.8) is 0 Å². The van der Waals surface area contributed by atoms with Gasteiger partial charge in [0.25, 0.3) is 0 Å². The molecule has 0 aromatic heterocycles. The first-order chi connectivity index (χ1) is 23.6. The van der Waals surface area contributed by atoms with Gasteiger partial charge in [0.15, 0.2) is 5.60 Å². The van der Waals surface area contributed by atoms with Crippen molar-refractivity contribution in [2.75, 3.05) is 6.67 Å². The van der Waals surface area contributed by atoms with Gasteiger partial charge in [0.05, 0.1) is 19.5 Å². The lowest BCUT2D eigenvalue weighted by Crippen LogP contribution is -2.47. The summed E-state index contributed by atoms with van der Waals surface area (Å²) >= 11 is 0. The van der Waals surface area contributed by atoms with Crippen molar-refractivity contribution in [1.29, 1.82) is 0 Å². The molecule has 0 aromatic rings. The van der Waals surface area contributed by atoms with E-state index >= 15 is 0 Å². The number of esters is 1. The van der Waals surface area contributed by atoms with Crippen molar-refractivity contribution >= 4 is 17.9 Å². The normalized spacial score (nSPS) is 14.6. The van der Waals surface area contributed by atoms with Crippen molar-refractivity contribution in [2.45, 2.75) is 231 Å². The number of halogens is 1. The summed E-state index contributed by atoms with van der Waals surface area (Å²) in [6.07, 6.45) is 28.3. The number of alkyl halides is 1. The van der Waals surface area contributed by atoms with E-state index in [1.807, 2.05) is 0 Å². The summed E-state index contributed by atoms with van der Waals surface area (Å²) in [7, 11) is 0. The SMILES string of the molecule is CCCCCCCCCCCCC(CCCCCCCC)(OC(=O)CC(O)(CC(=O)O)C(=O)O)C(CCCCCF)CCCCCCCC. The predicted octanol–water partition coefficient (Wildman–Crippen LogP) is 11.9. The van der Waals surface area contributed by atoms with Crippen LogP contribution < -0.4 is 0 Å². The first-order valence-corrected chi connectivity index (χ1v) is 20.6. The molecule has 0 bridgehead atoms. The number of rotatable bonds is 37. The Morgan fingerprint density at radius 3 is 1.29 bits per heavy atom. The molecule has 290 valence electrons. The summed E-state index contributed by atoms with van der Waals surface area (Å²) in [5.41, 5.74) is -3.56. The Labute approximate surface area is 299 Å². The fourth-order valence-electron chi connectivity index (χ4n) is 7.30. The third kappa shape index (κ3) is 24.2. The molecular weight excluding hydrogens is 623 g/mol. The zero-order valence-corrected chi connectivity index (χ0v) is 32.1. The highest BCUT2D eigenvalue weighted by atomic mass is 19.1. The second-order valence-electron chi connectivity index (χ2n) is 14.9. The fraction of sp³-hybridized carbons (Fsp3) is 0.927. The molecule has 3 N–H and O–H groups in total. The number of carboxylic acid groups (broad SMARTS) is 2. The van der Waals surface area contributed by atoms with Crippen LogP contribution in [0.1, 0.15) is 220 Å². The number of carbonyl (C=O) groups is 3. The van der Waals surface area contributed by atoms with E-state index in [0.717, 1.165) is 96.3 Å². The summed E-state index contributed by atoms with van der Waals surface area (Å²) in [4.78, 5) is 37.1. The smallest absolute Gasteiger partial charge is 0.336 e. The molecule has 0 aromatic carbocycles. The highest BCUT2D eigenvalue weighted by molar-refractivity contribution is 5.88. The van der Waals surface area contributed by atoms with Crippen molar-refractivity contribution in [1.82, 2.24) is 0 Å². The van der Waals surface area contributed by atoms with Gasteiger partial charge >= 0.3 is 17.9 Å². The lowest BCUT2D eigenvalue weighted by Gasteiger charge is -2.42. The van der Waals surface area contributed by atoms with Gasteiger partial charge in [-0.3, -0.25) is 14.0 Å². The number of carboxylic acids is 2. The van der Waals surface area contributed by atoms with Gasteiger partial charge < -0.3 is 20.1 Å². The van der Waals surface area contributed by atoms with Crippen molar-refractivity contribution in [3.05, 3.63) is 0 Å². The monoisotopic (exact) mass is 701 g/mol. The van der Waals surface area contributed by atoms with Gasteiger partial charge in [-0.05, 0) is 50.9 Å². The van der Waals surface area contributed by atoms with Gasteiger partial charge in [0, 0.05) is 0 Å². The second-order valence-corrected chi connectivity index (χ2v) is 14.9. The molecule has 0 amide bonds. The van der Waals surface area contributed by atoms with E-state index in [1.165, 1.54) is 70.6 Å². The molecule has 0 aliphatic carbocycles. The van der Waals surface area contributed by atoms with Crippen LogP contribution in [-0.2, 0) is 19.1 Å². The van der Waals surface area contributed by atoms with Gasteiger partial charge in [0.2, 0.25) is 0 Å². The Hall–Kier alpha value is -1.70. The highest BCUT2D eigenvalue weighted by Gasteiger charge is 2.45. The Kier molecular flexibility index (Phi) is 30.0. The Morgan fingerprint density at radius 1 is 0.551 bits per heavy atom. The molecule has 0 saturated carbocycles. The molecule has 49 heavy (non-hydrogen) atoms. The first-order valence-electron chi connectivity index (χ1n) is 20.6. The maximum Gasteiger partial charge on any atom is 0.336 e. The van der Waals surface area contributed by atoms with E-state index < -0.39 is 42.0 Å². The van der Waals surface area contributed by atoms with E-state index in [1.54, 1.807) is 0 Å². The largest absolute Gasteiger partial charge is 0.481 e. The zero-order valence-electron chi connectivity index (χ0n) is 32.1. The summed E-state index contributed by atoms with van der Waals surface area (Å²) in [6.45, 7) is 6.27. The molecule has 3 atom stereocenters. The number of aliphatic hydroxyl groups is 1. The molecule has 0 aliphatic heterocycles. The molecule has 0 radical (unpaired) electrons. The molecule has 0 fully saturated rings. The molecule has 0 spiro atoms. The van der Waals surface area contributed by atoms with E-state index in [0.29, 0.717) is 19.3 Å². The van der Waals surface area contributed by atoms with Crippen molar-refractivity contribution in [3.8, 4) is 0 Å². The number of hydrogen-bond donors (Lipinski definition) is 3. The first kappa shape index (κ1) is 47.3. The lowest BCUT2D eigenvalue weighted by molar-refractivity contribution is -0.184. The average Bonchev–Trinajstić information content (AvgIpc) is 3.05. The van der Waals surface area contributed by atoms with Crippen molar-refractivity contribution in [2.24, 2.45) is 5.92 Å². The van der Waals surface area contributed by atoms with Gasteiger partial charge in [0.1, 0.15) is 5.60 Å². The van der Waals surface area contributed by atoms with Crippen LogP contribution in [0.4, 0.5) is 4.39 Å². The third-order valence-electron chi connectivity index (χ3n) is 10.3. The van der Waals surface area contributed by atoms with E-state index in [-0.39, 0.29) is 12.6 Å². The number of ether oxygens (including phenoxy) is 1. The predicted molar refractivity (Wildman–Crippen MR) is 199 cm³/mol. The van der Waals surface area contributed by atoms with Crippen LogP contribution in [0, 0.1) is 5.92 Å². The van der Waals surface area contributed by atoms with E-state index in [4.69, 9.17) is 4.74 Å². The van der Waals surface area contributed by atoms with Crippen LogP contribution >= 0.6 is 0 Å². The lowest BCUT2D eigenvalue weighted by atomic mass is 9.73. The second kappa shape index (κ2) is 31.1. The van der Waals surface area contributed by atoms with Gasteiger partial charge in [-0.1, -0.05) is 162 Å². The maximum atomic E-state index is 13.7. The Bertz CT molecular complexity index is 822. The number of aliphatic carboxylic acids is 2. The third-order valence-corrected chi connectivity index (χ3v) is 10.3. The maximum absolute atomic E-state index is 13.7. The summed E-state index contributed by atoms with van der Waals surface area (Å²) < 4.78 is 19.5. The minimum absolute atomic E-state index is 0.0360. The zero-order chi connectivity index (χ0) is 36.6. The van der Waals surface area contributed by atoms with Crippen LogP contribution in [0.5, 0.6) is 0 Å². The molecule has 0 heterocycles. The van der Waals surface area contributed by atoms with Gasteiger partial charge in [-0.2, -0.15) is 0 Å². The minimum Gasteiger partial charge on any atom is -0.481 e. The molecule has 0 saturated heterocycles. The molecule has 3 unspecified atom stereocenters. The van der Waals surface area contributed by atoms with Crippen LogP contribution in [0.2, 0.25) is 0 Å². The summed E-state index contributed by atoms with van der Waals surface area (Å²) in [5, 5.41) is 29.8. The number of unbranched alkanes of at least 4 members (excludes halogenated alkanes) is 21. The minimum atomic E-state index is -2.73. The Balaban J connectivity index is 6.18.